The van der Waals surface area contributed by atoms with Crippen LogP contribution in [-0.4, -0.2) is 21.5 Å². The van der Waals surface area contributed by atoms with E-state index in [4.69, 9.17) is 5.73 Å². The monoisotopic (exact) mass is 332 g/mol. The second-order valence-electron chi connectivity index (χ2n) is 2.76. The van der Waals surface area contributed by atoms with E-state index in [1.807, 2.05) is 0 Å². The average Bonchev–Trinajstić information content (AvgIpc) is 2.18. The van der Waals surface area contributed by atoms with Crippen molar-refractivity contribution in [3.05, 3.63) is 28.5 Å². The lowest BCUT2D eigenvalue weighted by atomic mass is 10.3. The molecule has 92 valence electrons. The van der Waals surface area contributed by atoms with Gasteiger partial charge in [0.25, 0.3) is 0 Å². The summed E-state index contributed by atoms with van der Waals surface area (Å²) in [6.45, 7) is 0.239. The van der Waals surface area contributed by atoms with Crippen LogP contribution < -0.4 is 10.5 Å². The van der Waals surface area contributed by atoms with Crippen LogP contribution in [0.3, 0.4) is 0 Å². The molecule has 0 aliphatic heterocycles. The fraction of sp³-hybridized carbons (Fsp3) is 0.250. The van der Waals surface area contributed by atoms with Crippen LogP contribution >= 0.6 is 28.3 Å². The molecule has 8 heteroatoms. The van der Waals surface area contributed by atoms with Gasteiger partial charge in [0.2, 0.25) is 10.0 Å². The fourth-order valence-electron chi connectivity index (χ4n) is 0.954. The SMILES string of the molecule is Cl.NCCNS(=O)(=O)c1cc(Br)ccc1F. The number of nitrogens with two attached hydrogens (primary N) is 1. The second kappa shape index (κ2) is 6.51. The molecule has 0 amide bonds. The third kappa shape index (κ3) is 3.99. The molecule has 0 radical (unpaired) electrons. The van der Waals surface area contributed by atoms with Gasteiger partial charge in [0, 0.05) is 17.6 Å². The molecule has 0 spiro atoms. The van der Waals surface area contributed by atoms with Crippen LogP contribution in [0.5, 0.6) is 0 Å². The minimum absolute atomic E-state index is 0. The Morgan fingerprint density at radius 2 is 2.06 bits per heavy atom. The van der Waals surface area contributed by atoms with Gasteiger partial charge in [0.15, 0.2) is 0 Å². The highest BCUT2D eigenvalue weighted by atomic mass is 79.9. The minimum atomic E-state index is -3.81. The number of benzene rings is 1. The van der Waals surface area contributed by atoms with Gasteiger partial charge in [0.1, 0.15) is 10.7 Å². The molecule has 0 fully saturated rings. The summed E-state index contributed by atoms with van der Waals surface area (Å²) >= 11 is 3.07. The maximum absolute atomic E-state index is 13.2. The van der Waals surface area contributed by atoms with Gasteiger partial charge in [-0.15, -0.1) is 12.4 Å². The van der Waals surface area contributed by atoms with Gasteiger partial charge < -0.3 is 5.73 Å². The smallest absolute Gasteiger partial charge is 0.243 e. The molecule has 0 saturated carbocycles. The third-order valence-electron chi connectivity index (χ3n) is 1.62. The van der Waals surface area contributed by atoms with Crippen LogP contribution in [0.1, 0.15) is 0 Å². The maximum atomic E-state index is 13.2. The maximum Gasteiger partial charge on any atom is 0.243 e. The fourth-order valence-corrected chi connectivity index (χ4v) is 2.62. The molecule has 1 aromatic carbocycles. The number of hydrogen-bond acceptors (Lipinski definition) is 3. The lowest BCUT2D eigenvalue weighted by Gasteiger charge is -2.06. The van der Waals surface area contributed by atoms with Crippen LogP contribution in [0, 0.1) is 5.82 Å². The Morgan fingerprint density at radius 3 is 2.62 bits per heavy atom. The molecule has 0 unspecified atom stereocenters. The van der Waals surface area contributed by atoms with Crippen molar-refractivity contribution in [1.29, 1.82) is 0 Å². The highest BCUT2D eigenvalue weighted by Gasteiger charge is 2.18. The van der Waals surface area contributed by atoms with E-state index in [0.29, 0.717) is 4.47 Å². The van der Waals surface area contributed by atoms with Crippen molar-refractivity contribution in [1.82, 2.24) is 4.72 Å². The van der Waals surface area contributed by atoms with Crippen molar-refractivity contribution in [2.75, 3.05) is 13.1 Å². The van der Waals surface area contributed by atoms with Crippen molar-refractivity contribution in [2.45, 2.75) is 4.90 Å². The van der Waals surface area contributed by atoms with Crippen LogP contribution in [0.25, 0.3) is 0 Å². The number of hydrogen-bond donors (Lipinski definition) is 2. The van der Waals surface area contributed by atoms with Crippen molar-refractivity contribution in [3.8, 4) is 0 Å². The molecular weight excluding hydrogens is 323 g/mol. The van der Waals surface area contributed by atoms with E-state index in [9.17, 15) is 12.8 Å². The molecule has 4 nitrogen and oxygen atoms in total. The van der Waals surface area contributed by atoms with Crippen molar-refractivity contribution in [2.24, 2.45) is 5.73 Å². The summed E-state index contributed by atoms with van der Waals surface area (Å²) in [5.41, 5.74) is 5.15. The Bertz CT molecular complexity index is 455. The van der Waals surface area contributed by atoms with E-state index in [-0.39, 0.29) is 30.4 Å². The Hall–Kier alpha value is -0.210. The molecule has 0 atom stereocenters. The molecule has 0 aromatic heterocycles. The number of halogens is 3. The Kier molecular flexibility index (Phi) is 6.42. The first-order chi connectivity index (χ1) is 6.97. The van der Waals surface area contributed by atoms with E-state index in [1.54, 1.807) is 0 Å². The molecule has 0 heterocycles. The molecule has 3 N–H and O–H groups in total. The highest BCUT2D eigenvalue weighted by molar-refractivity contribution is 9.10. The van der Waals surface area contributed by atoms with E-state index < -0.39 is 15.8 Å². The Balaban J connectivity index is 0.00000225. The standard InChI is InChI=1S/C8H10BrFN2O2S.ClH/c9-6-1-2-7(10)8(5-6)15(13,14)12-4-3-11;/h1-2,5,12H,3-4,11H2;1H. The topological polar surface area (TPSA) is 72.2 Å². The third-order valence-corrected chi connectivity index (χ3v) is 3.59. The molecule has 1 rings (SSSR count). The van der Waals surface area contributed by atoms with Crippen LogP contribution in [-0.2, 0) is 10.0 Å². The Morgan fingerprint density at radius 1 is 1.44 bits per heavy atom. The van der Waals surface area contributed by atoms with Crippen molar-refractivity contribution >= 4 is 38.4 Å². The molecule has 1 aromatic rings. The van der Waals surface area contributed by atoms with Gasteiger partial charge in [-0.05, 0) is 18.2 Å². The molecule has 0 aliphatic carbocycles. The van der Waals surface area contributed by atoms with E-state index in [2.05, 4.69) is 20.7 Å². The molecule has 0 aliphatic rings. The van der Waals surface area contributed by atoms with Gasteiger partial charge >= 0.3 is 0 Å². The molecule has 0 bridgehead atoms. The lowest BCUT2D eigenvalue weighted by molar-refractivity contribution is 0.557. The first-order valence-corrected chi connectivity index (χ1v) is 6.40. The van der Waals surface area contributed by atoms with Crippen LogP contribution in [0.4, 0.5) is 4.39 Å². The molecule has 0 saturated heterocycles. The minimum Gasteiger partial charge on any atom is -0.329 e. The van der Waals surface area contributed by atoms with Crippen LogP contribution in [0.15, 0.2) is 27.6 Å². The summed E-state index contributed by atoms with van der Waals surface area (Å²) in [4.78, 5) is -0.384. The van der Waals surface area contributed by atoms with Crippen LogP contribution in [0.2, 0.25) is 0 Å². The highest BCUT2D eigenvalue weighted by Crippen LogP contribution is 2.19. The summed E-state index contributed by atoms with van der Waals surface area (Å²) in [6.07, 6.45) is 0. The van der Waals surface area contributed by atoms with Gasteiger partial charge in [-0.25, -0.2) is 17.5 Å². The number of sulfonamides is 1. The lowest BCUT2D eigenvalue weighted by Crippen LogP contribution is -2.29. The molecular formula is C8H11BrClFN2O2S. The summed E-state index contributed by atoms with van der Waals surface area (Å²) in [7, 11) is -3.81. The van der Waals surface area contributed by atoms with E-state index in [1.165, 1.54) is 12.1 Å². The largest absolute Gasteiger partial charge is 0.329 e. The van der Waals surface area contributed by atoms with E-state index in [0.717, 1.165) is 6.07 Å². The zero-order valence-corrected chi connectivity index (χ0v) is 11.3. The zero-order valence-electron chi connectivity index (χ0n) is 8.11. The predicted octanol–water partition coefficient (Wildman–Crippen LogP) is 1.25. The Labute approximate surface area is 108 Å². The molecule has 16 heavy (non-hydrogen) atoms. The van der Waals surface area contributed by atoms with E-state index >= 15 is 0 Å². The number of nitrogens with one attached hydrogen (secondary N) is 1. The second-order valence-corrected chi connectivity index (χ2v) is 5.41. The normalized spacial score (nSPS) is 10.9. The van der Waals surface area contributed by atoms with Crippen molar-refractivity contribution < 1.29 is 12.8 Å². The number of rotatable bonds is 4. The predicted molar refractivity (Wildman–Crippen MR) is 65.6 cm³/mol. The summed E-state index contributed by atoms with van der Waals surface area (Å²) in [6, 6.07) is 3.71. The van der Waals surface area contributed by atoms with Gasteiger partial charge in [-0.1, -0.05) is 15.9 Å². The summed E-state index contributed by atoms with van der Waals surface area (Å²) < 4.78 is 39.0. The van der Waals surface area contributed by atoms with Gasteiger partial charge in [-0.3, -0.25) is 0 Å². The first kappa shape index (κ1) is 15.8. The quantitative estimate of drug-likeness (QED) is 0.871. The van der Waals surface area contributed by atoms with Gasteiger partial charge in [0.05, 0.1) is 0 Å². The average molecular weight is 334 g/mol. The summed E-state index contributed by atoms with van der Waals surface area (Å²) in [5.74, 6) is -0.789. The van der Waals surface area contributed by atoms with Gasteiger partial charge in [-0.2, -0.15) is 0 Å². The zero-order chi connectivity index (χ0) is 11.5. The summed E-state index contributed by atoms with van der Waals surface area (Å²) in [5, 5.41) is 0. The first-order valence-electron chi connectivity index (χ1n) is 4.12. The van der Waals surface area contributed by atoms with Crippen molar-refractivity contribution in [3.63, 3.8) is 0 Å².